The summed E-state index contributed by atoms with van der Waals surface area (Å²) in [5, 5.41) is 4.33. The maximum atomic E-state index is 4.89. The van der Waals surface area contributed by atoms with Gasteiger partial charge in [-0.05, 0) is 34.3 Å². The Morgan fingerprint density at radius 2 is 0.774 bits per heavy atom. The Bertz CT molecular complexity index is 348. The number of hydrogen-bond acceptors (Lipinski definition) is 6. The molecule has 0 saturated heterocycles. The Kier molecular flexibility index (Phi) is 33.8. The van der Waals surface area contributed by atoms with Gasteiger partial charge in [-0.25, -0.2) is 10.0 Å². The molecule has 4 nitrogen and oxygen atoms in total. The van der Waals surface area contributed by atoms with Crippen molar-refractivity contribution in [1.29, 1.82) is 0 Å². The normalized spacial score (nSPS) is 10.3. The Hall–Kier alpha value is 0.763. The molecule has 2 N–H and O–H groups in total. The Balaban J connectivity index is -0.000000490. The van der Waals surface area contributed by atoms with E-state index in [2.05, 4.69) is 48.6 Å². The molecule has 31 heavy (non-hydrogen) atoms. The molecule has 0 unspecified atom stereocenters. The van der Waals surface area contributed by atoms with Crippen molar-refractivity contribution in [2.45, 2.75) is 105 Å². The molecule has 0 aliphatic rings. The van der Waals surface area contributed by atoms with Gasteiger partial charge in [0.25, 0.3) is 0 Å². The summed E-state index contributed by atoms with van der Waals surface area (Å²) in [6, 6.07) is 0. The van der Waals surface area contributed by atoms with Gasteiger partial charge >= 0.3 is 19.5 Å². The number of nitrogens with zero attached hydrogens (tertiary/aromatic N) is 2. The van der Waals surface area contributed by atoms with Crippen molar-refractivity contribution < 1.29 is 19.5 Å². The predicted octanol–water partition coefficient (Wildman–Crippen LogP) is 6.01. The molecule has 0 radical (unpaired) electrons. The summed E-state index contributed by atoms with van der Waals surface area (Å²) >= 11 is 19.6. The SMILES string of the molecule is CCCCCN(CCCCC)NC(=S)[S-].CCCCCN(CCCCC)NC(=S)[S-].[Zn+2]. The smallest absolute Gasteiger partial charge is 0.410 e. The molecule has 0 aromatic rings. The van der Waals surface area contributed by atoms with E-state index in [1.165, 1.54) is 77.0 Å². The van der Waals surface area contributed by atoms with Gasteiger partial charge in [-0.2, -0.15) is 0 Å². The molecule has 0 heterocycles. The van der Waals surface area contributed by atoms with Gasteiger partial charge in [-0.3, -0.25) is 0 Å². The third kappa shape index (κ3) is 30.8. The van der Waals surface area contributed by atoms with E-state index in [1.54, 1.807) is 0 Å². The van der Waals surface area contributed by atoms with Gasteiger partial charge in [0.15, 0.2) is 0 Å². The van der Waals surface area contributed by atoms with Crippen molar-refractivity contribution in [3.05, 3.63) is 0 Å². The second-order valence-electron chi connectivity index (χ2n) is 7.60. The molecule has 0 aromatic carbocycles. The van der Waals surface area contributed by atoms with Crippen LogP contribution in [0, 0.1) is 0 Å². The molecule has 0 aromatic heterocycles. The third-order valence-electron chi connectivity index (χ3n) is 4.63. The van der Waals surface area contributed by atoms with E-state index in [0.29, 0.717) is 8.64 Å². The van der Waals surface area contributed by atoms with Crippen LogP contribution in [0.15, 0.2) is 0 Å². The summed E-state index contributed by atoms with van der Waals surface area (Å²) in [6.45, 7) is 13.1. The van der Waals surface area contributed by atoms with Crippen molar-refractivity contribution in [3.63, 3.8) is 0 Å². The molecule has 0 fully saturated rings. The molecule has 0 rings (SSSR count). The summed E-state index contributed by atoms with van der Waals surface area (Å²) in [7, 11) is 0. The molecular weight excluding hydrogens is 514 g/mol. The number of nitrogens with one attached hydrogen (secondary N) is 2. The van der Waals surface area contributed by atoms with Crippen LogP contribution in [0.3, 0.4) is 0 Å². The fourth-order valence-corrected chi connectivity index (χ4v) is 3.43. The summed E-state index contributed by atoms with van der Waals surface area (Å²) < 4.78 is 0.922. The van der Waals surface area contributed by atoms with Crippen LogP contribution < -0.4 is 10.9 Å². The van der Waals surface area contributed by atoms with Crippen molar-refractivity contribution in [3.8, 4) is 0 Å². The summed E-state index contributed by atoms with van der Waals surface area (Å²) in [5.41, 5.74) is 6.15. The number of thiocarbonyl (C=S) groups is 2. The maximum Gasteiger partial charge on any atom is 2.00 e. The minimum atomic E-state index is 0. The number of hydrogen-bond donors (Lipinski definition) is 2. The number of unbranched alkanes of at least 4 members (excludes halogenated alkanes) is 8. The van der Waals surface area contributed by atoms with E-state index in [1.807, 2.05) is 0 Å². The third-order valence-corrected chi connectivity index (χ3v) is 4.99. The van der Waals surface area contributed by atoms with Crippen molar-refractivity contribution in [1.82, 2.24) is 20.9 Å². The maximum absolute atomic E-state index is 4.89. The van der Waals surface area contributed by atoms with Crippen LogP contribution in [0.25, 0.3) is 0 Å². The van der Waals surface area contributed by atoms with Gasteiger partial charge in [-0.1, -0.05) is 79.1 Å². The van der Waals surface area contributed by atoms with E-state index < -0.39 is 0 Å². The molecule has 0 aliphatic heterocycles. The molecule has 0 atom stereocenters. The van der Waals surface area contributed by atoms with E-state index in [9.17, 15) is 0 Å². The standard InChI is InChI=1S/2C11H24N2S2.Zn/c2*1-3-5-7-9-13(12-11(14)15)10-8-6-4-2;/h2*3-10H2,1-2H3,(H2,12,14,15);/q;;+2/p-2. The van der Waals surface area contributed by atoms with Gasteiger partial charge in [0.1, 0.15) is 0 Å². The second kappa shape index (κ2) is 28.8. The largest absolute Gasteiger partial charge is 2.00 e. The zero-order chi connectivity index (χ0) is 23.0. The second-order valence-corrected chi connectivity index (χ2v) is 9.75. The minimum absolute atomic E-state index is 0. The van der Waals surface area contributed by atoms with Crippen LogP contribution in [0.4, 0.5) is 0 Å². The summed E-state index contributed by atoms with van der Waals surface area (Å²) in [4.78, 5) is 0. The van der Waals surface area contributed by atoms with Crippen molar-refractivity contribution >= 4 is 58.3 Å². The minimum Gasteiger partial charge on any atom is -0.410 e. The average molecular weight is 560 g/mol. The number of rotatable bonds is 18. The summed E-state index contributed by atoms with van der Waals surface area (Å²) in [6.07, 6.45) is 15.0. The van der Waals surface area contributed by atoms with Gasteiger partial charge in [0.2, 0.25) is 0 Å². The summed E-state index contributed by atoms with van der Waals surface area (Å²) in [5.74, 6) is 0. The van der Waals surface area contributed by atoms with E-state index in [-0.39, 0.29) is 19.5 Å². The van der Waals surface area contributed by atoms with Crippen molar-refractivity contribution in [2.24, 2.45) is 0 Å². The fraction of sp³-hybridized carbons (Fsp3) is 0.909. The quantitative estimate of drug-likeness (QED) is 0.0694. The molecule has 0 spiro atoms. The molecule has 9 heteroatoms. The van der Waals surface area contributed by atoms with E-state index >= 15 is 0 Å². The van der Waals surface area contributed by atoms with Crippen LogP contribution in [-0.2, 0) is 44.7 Å². The molecule has 0 aliphatic carbocycles. The number of hydrazine groups is 2. The van der Waals surface area contributed by atoms with Crippen LogP contribution in [-0.4, -0.2) is 44.8 Å². The van der Waals surface area contributed by atoms with Crippen LogP contribution in [0.1, 0.15) is 105 Å². The zero-order valence-electron chi connectivity index (χ0n) is 20.5. The molecule has 0 saturated carbocycles. The molecule has 0 bridgehead atoms. The Morgan fingerprint density at radius 1 is 0.548 bits per heavy atom. The monoisotopic (exact) mass is 558 g/mol. The van der Waals surface area contributed by atoms with Crippen LogP contribution >= 0.6 is 24.4 Å². The van der Waals surface area contributed by atoms with E-state index in [4.69, 9.17) is 49.7 Å². The topological polar surface area (TPSA) is 30.5 Å². The van der Waals surface area contributed by atoms with Gasteiger partial charge in [0.05, 0.1) is 0 Å². The first-order valence-corrected chi connectivity index (χ1v) is 13.5. The average Bonchev–Trinajstić information content (AvgIpc) is 2.68. The van der Waals surface area contributed by atoms with Gasteiger partial charge in [-0.15, -0.1) is 0 Å². The first-order valence-electron chi connectivity index (χ1n) is 11.9. The van der Waals surface area contributed by atoms with Crippen molar-refractivity contribution in [2.75, 3.05) is 26.2 Å². The van der Waals surface area contributed by atoms with E-state index in [0.717, 1.165) is 26.2 Å². The Labute approximate surface area is 228 Å². The first-order chi connectivity index (χ1) is 14.4. The first kappa shape index (κ1) is 36.3. The van der Waals surface area contributed by atoms with Gasteiger partial charge < -0.3 is 60.5 Å². The molecule has 0 amide bonds. The molecular formula is C22H46N4S4Zn. The zero-order valence-corrected chi connectivity index (χ0v) is 26.8. The van der Waals surface area contributed by atoms with Crippen LogP contribution in [0.5, 0.6) is 0 Å². The fourth-order valence-electron chi connectivity index (χ4n) is 2.92. The van der Waals surface area contributed by atoms with Crippen LogP contribution in [0.2, 0.25) is 0 Å². The van der Waals surface area contributed by atoms with Gasteiger partial charge in [0, 0.05) is 26.2 Å². The Morgan fingerprint density at radius 3 is 0.935 bits per heavy atom. The molecule has 180 valence electrons. The predicted molar refractivity (Wildman–Crippen MR) is 147 cm³/mol.